The van der Waals surface area contributed by atoms with Gasteiger partial charge in [0, 0.05) is 24.4 Å². The normalized spacial score (nSPS) is 16.5. The van der Waals surface area contributed by atoms with Gasteiger partial charge in [-0.1, -0.05) is 12.1 Å². The number of aromatic nitrogens is 1. The van der Waals surface area contributed by atoms with Crippen LogP contribution in [0.2, 0.25) is 0 Å². The number of benzene rings is 1. The van der Waals surface area contributed by atoms with Crippen molar-refractivity contribution in [3.8, 4) is 0 Å². The lowest BCUT2D eigenvalue weighted by atomic mass is 10.0. The summed E-state index contributed by atoms with van der Waals surface area (Å²) in [6.45, 7) is 0.919. The van der Waals surface area contributed by atoms with Gasteiger partial charge in [0.1, 0.15) is 5.82 Å². The molecule has 1 unspecified atom stereocenters. The lowest BCUT2D eigenvalue weighted by Gasteiger charge is -2.18. The minimum Gasteiger partial charge on any atom is -0.309 e. The monoisotopic (exact) mass is 276 g/mol. The molecule has 1 atom stereocenters. The highest BCUT2D eigenvalue weighted by atomic mass is 32.1. The number of nitrogens with one attached hydrogen (secondary N) is 1. The lowest BCUT2D eigenvalue weighted by Crippen LogP contribution is -2.25. The van der Waals surface area contributed by atoms with Gasteiger partial charge in [-0.2, -0.15) is 0 Å². The topological polar surface area (TPSA) is 24.9 Å². The third-order valence-corrected chi connectivity index (χ3v) is 4.19. The van der Waals surface area contributed by atoms with Gasteiger partial charge in [0.25, 0.3) is 0 Å². The van der Waals surface area contributed by atoms with Crippen LogP contribution in [-0.4, -0.2) is 11.5 Å². The van der Waals surface area contributed by atoms with Crippen molar-refractivity contribution in [3.05, 3.63) is 52.2 Å². The molecule has 100 valence electrons. The van der Waals surface area contributed by atoms with E-state index in [4.69, 9.17) is 0 Å². The maximum absolute atomic E-state index is 13.0. The van der Waals surface area contributed by atoms with E-state index in [-0.39, 0.29) is 5.82 Å². The van der Waals surface area contributed by atoms with E-state index in [1.54, 1.807) is 23.5 Å². The minimum absolute atomic E-state index is 0.166. The molecule has 19 heavy (non-hydrogen) atoms. The van der Waals surface area contributed by atoms with E-state index in [0.29, 0.717) is 12.0 Å². The molecule has 1 aromatic heterocycles. The van der Waals surface area contributed by atoms with Crippen LogP contribution in [0.3, 0.4) is 0 Å². The molecular formula is C15H17FN2S. The largest absolute Gasteiger partial charge is 0.309 e. The summed E-state index contributed by atoms with van der Waals surface area (Å²) in [6.07, 6.45) is 3.49. The Kier molecular flexibility index (Phi) is 3.89. The summed E-state index contributed by atoms with van der Waals surface area (Å²) in [4.78, 5) is 4.29. The Hall–Kier alpha value is -1.26. The van der Waals surface area contributed by atoms with Crippen molar-refractivity contribution in [2.45, 2.75) is 25.3 Å². The highest BCUT2D eigenvalue weighted by molar-refractivity contribution is 7.07. The molecule has 4 heteroatoms. The molecule has 1 fully saturated rings. The molecule has 2 aromatic rings. The van der Waals surface area contributed by atoms with Crippen molar-refractivity contribution in [1.29, 1.82) is 0 Å². The zero-order valence-electron chi connectivity index (χ0n) is 10.7. The predicted octanol–water partition coefficient (Wildman–Crippen LogP) is 3.57. The van der Waals surface area contributed by atoms with E-state index in [9.17, 15) is 4.39 Å². The van der Waals surface area contributed by atoms with Crippen LogP contribution in [0, 0.1) is 11.7 Å². The zero-order valence-corrected chi connectivity index (χ0v) is 11.5. The highest BCUT2D eigenvalue weighted by Gasteiger charge is 2.31. The molecular weight excluding hydrogens is 259 g/mol. The highest BCUT2D eigenvalue weighted by Crippen LogP contribution is 2.40. The molecule has 2 nitrogen and oxygen atoms in total. The molecule has 0 bridgehead atoms. The number of rotatable bonds is 6. The summed E-state index contributed by atoms with van der Waals surface area (Å²) in [7, 11) is 0. The first-order valence-corrected chi connectivity index (χ1v) is 7.63. The predicted molar refractivity (Wildman–Crippen MR) is 75.7 cm³/mol. The smallest absolute Gasteiger partial charge is 0.123 e. The maximum atomic E-state index is 13.0. The summed E-state index contributed by atoms with van der Waals surface area (Å²) in [6, 6.07) is 7.25. The average molecular weight is 276 g/mol. The van der Waals surface area contributed by atoms with Gasteiger partial charge in [-0.3, -0.25) is 0 Å². The van der Waals surface area contributed by atoms with Gasteiger partial charge in [0.2, 0.25) is 0 Å². The SMILES string of the molecule is Fc1ccc(C(NCCc2cscn2)C2CC2)cc1. The van der Waals surface area contributed by atoms with Crippen molar-refractivity contribution in [2.24, 2.45) is 5.92 Å². The van der Waals surface area contributed by atoms with Gasteiger partial charge >= 0.3 is 0 Å². The second-order valence-corrected chi connectivity index (χ2v) is 5.77. The van der Waals surface area contributed by atoms with Gasteiger partial charge in [0.05, 0.1) is 11.2 Å². The Morgan fingerprint density at radius 3 is 2.74 bits per heavy atom. The Morgan fingerprint density at radius 1 is 1.32 bits per heavy atom. The number of thiazole rings is 1. The second-order valence-electron chi connectivity index (χ2n) is 5.05. The summed E-state index contributed by atoms with van der Waals surface area (Å²) >= 11 is 1.63. The molecule has 0 spiro atoms. The number of halogens is 1. The van der Waals surface area contributed by atoms with Crippen LogP contribution in [0.4, 0.5) is 4.39 Å². The number of hydrogen-bond donors (Lipinski definition) is 1. The lowest BCUT2D eigenvalue weighted by molar-refractivity contribution is 0.482. The van der Waals surface area contributed by atoms with Crippen LogP contribution >= 0.6 is 11.3 Å². The van der Waals surface area contributed by atoms with Crippen LogP contribution in [0.25, 0.3) is 0 Å². The van der Waals surface area contributed by atoms with Crippen LogP contribution in [0.15, 0.2) is 35.2 Å². The molecule has 3 rings (SSSR count). The van der Waals surface area contributed by atoms with Gasteiger partial charge in [-0.15, -0.1) is 11.3 Å². The average Bonchev–Trinajstić information content (AvgIpc) is 3.13. The number of hydrogen-bond acceptors (Lipinski definition) is 3. The molecule has 0 saturated heterocycles. The van der Waals surface area contributed by atoms with E-state index in [1.165, 1.54) is 18.4 Å². The first kappa shape index (κ1) is 12.8. The molecule has 0 amide bonds. The van der Waals surface area contributed by atoms with E-state index >= 15 is 0 Å². The third kappa shape index (κ3) is 3.39. The van der Waals surface area contributed by atoms with Gasteiger partial charge in [0.15, 0.2) is 0 Å². The summed E-state index contributed by atoms with van der Waals surface area (Å²) < 4.78 is 13.0. The van der Waals surface area contributed by atoms with Crippen molar-refractivity contribution in [2.75, 3.05) is 6.54 Å². The van der Waals surface area contributed by atoms with E-state index in [2.05, 4.69) is 15.7 Å². The second kappa shape index (κ2) is 5.80. The van der Waals surface area contributed by atoms with Crippen LogP contribution in [0.5, 0.6) is 0 Å². The first-order chi connectivity index (χ1) is 9.33. The van der Waals surface area contributed by atoms with E-state index in [1.807, 2.05) is 17.6 Å². The molecule has 1 aliphatic carbocycles. The fraction of sp³-hybridized carbons (Fsp3) is 0.400. The summed E-state index contributed by atoms with van der Waals surface area (Å²) in [5.41, 5.74) is 4.21. The Labute approximate surface area is 116 Å². The maximum Gasteiger partial charge on any atom is 0.123 e. The molecule has 1 aliphatic rings. The van der Waals surface area contributed by atoms with Crippen LogP contribution in [0.1, 0.15) is 30.1 Å². The van der Waals surface area contributed by atoms with Crippen LogP contribution in [-0.2, 0) is 6.42 Å². The fourth-order valence-electron chi connectivity index (χ4n) is 2.37. The molecule has 0 aliphatic heterocycles. The Bertz CT molecular complexity index is 505. The minimum atomic E-state index is -0.166. The molecule has 0 radical (unpaired) electrons. The molecule has 1 heterocycles. The Morgan fingerprint density at radius 2 is 2.11 bits per heavy atom. The van der Waals surface area contributed by atoms with Crippen molar-refractivity contribution < 1.29 is 4.39 Å². The molecule has 1 N–H and O–H groups in total. The third-order valence-electron chi connectivity index (χ3n) is 3.55. The quantitative estimate of drug-likeness (QED) is 0.872. The van der Waals surface area contributed by atoms with Gasteiger partial charge < -0.3 is 5.32 Å². The Balaban J connectivity index is 1.60. The van der Waals surface area contributed by atoms with Crippen molar-refractivity contribution >= 4 is 11.3 Å². The fourth-order valence-corrected chi connectivity index (χ4v) is 2.97. The van der Waals surface area contributed by atoms with Gasteiger partial charge in [-0.05, 0) is 36.5 Å². The molecule has 1 aromatic carbocycles. The van der Waals surface area contributed by atoms with E-state index in [0.717, 1.165) is 18.7 Å². The summed E-state index contributed by atoms with van der Waals surface area (Å²) in [5.74, 6) is 0.543. The van der Waals surface area contributed by atoms with Crippen LogP contribution < -0.4 is 5.32 Å². The summed E-state index contributed by atoms with van der Waals surface area (Å²) in [5, 5.41) is 5.69. The van der Waals surface area contributed by atoms with Crippen molar-refractivity contribution in [1.82, 2.24) is 10.3 Å². The first-order valence-electron chi connectivity index (χ1n) is 6.69. The number of nitrogens with zero attached hydrogens (tertiary/aromatic N) is 1. The van der Waals surface area contributed by atoms with Crippen molar-refractivity contribution in [3.63, 3.8) is 0 Å². The molecule has 1 saturated carbocycles. The van der Waals surface area contributed by atoms with Gasteiger partial charge in [-0.25, -0.2) is 9.37 Å². The zero-order chi connectivity index (χ0) is 13.1. The van der Waals surface area contributed by atoms with E-state index < -0.39 is 0 Å². The standard InChI is InChI=1S/C15H17FN2S/c16-13-5-3-12(4-6-13)15(11-1-2-11)17-8-7-14-9-19-10-18-14/h3-6,9-11,15,17H,1-2,7-8H2.